The molecule has 1 heterocycles. The van der Waals surface area contributed by atoms with E-state index in [0.29, 0.717) is 18.3 Å². The Kier molecular flexibility index (Phi) is 4.91. The first-order valence-corrected chi connectivity index (χ1v) is 5.70. The van der Waals surface area contributed by atoms with E-state index in [4.69, 9.17) is 15.6 Å². The average molecular weight is 253 g/mol. The van der Waals surface area contributed by atoms with E-state index in [-0.39, 0.29) is 17.3 Å². The van der Waals surface area contributed by atoms with Crippen LogP contribution in [0.5, 0.6) is 0 Å². The van der Waals surface area contributed by atoms with Crippen LogP contribution in [0.3, 0.4) is 0 Å². The minimum atomic E-state index is -1.06. The number of aromatic carboxylic acids is 1. The number of methoxy groups -OCH3 is 1. The van der Waals surface area contributed by atoms with Crippen molar-refractivity contribution in [3.8, 4) is 0 Å². The molecule has 0 radical (unpaired) electrons. The van der Waals surface area contributed by atoms with Gasteiger partial charge in [0.25, 0.3) is 0 Å². The summed E-state index contributed by atoms with van der Waals surface area (Å²) < 4.78 is 5.11. The van der Waals surface area contributed by atoms with E-state index < -0.39 is 5.97 Å². The Morgan fingerprint density at radius 1 is 1.61 bits per heavy atom. The molecule has 0 saturated heterocycles. The highest BCUT2D eigenvalue weighted by atomic mass is 16.5. The number of rotatable bonds is 6. The van der Waals surface area contributed by atoms with Gasteiger partial charge in [0.15, 0.2) is 0 Å². The number of ether oxygens (including phenoxy) is 1. The Hall–Kier alpha value is -1.82. The third kappa shape index (κ3) is 3.59. The third-order valence-electron chi connectivity index (χ3n) is 2.65. The van der Waals surface area contributed by atoms with Crippen LogP contribution in [-0.4, -0.2) is 35.8 Å². The van der Waals surface area contributed by atoms with Crippen LogP contribution in [0.15, 0.2) is 12.3 Å². The van der Waals surface area contributed by atoms with Crippen LogP contribution in [0.2, 0.25) is 0 Å². The molecular formula is C12H19N3O3. The summed E-state index contributed by atoms with van der Waals surface area (Å²) in [5.41, 5.74) is 5.75. The lowest BCUT2D eigenvalue weighted by molar-refractivity contribution is 0.0698. The van der Waals surface area contributed by atoms with Crippen LogP contribution in [0.4, 0.5) is 11.5 Å². The van der Waals surface area contributed by atoms with E-state index in [1.54, 1.807) is 7.11 Å². The van der Waals surface area contributed by atoms with Crippen LogP contribution in [0, 0.1) is 5.92 Å². The lowest BCUT2D eigenvalue weighted by Crippen LogP contribution is -2.30. The van der Waals surface area contributed by atoms with E-state index in [1.165, 1.54) is 12.3 Å². The van der Waals surface area contributed by atoms with Crippen molar-refractivity contribution in [2.24, 2.45) is 5.92 Å². The fourth-order valence-electron chi connectivity index (χ4n) is 1.50. The maximum absolute atomic E-state index is 11.0. The molecule has 1 atom stereocenters. The second kappa shape index (κ2) is 6.20. The first-order chi connectivity index (χ1) is 8.45. The molecule has 0 bridgehead atoms. The molecule has 6 heteroatoms. The Bertz CT molecular complexity index is 421. The average Bonchev–Trinajstić information content (AvgIpc) is 2.30. The van der Waals surface area contributed by atoms with Gasteiger partial charge in [0, 0.05) is 7.11 Å². The predicted octanol–water partition coefficient (Wildman–Crippen LogP) is 1.44. The smallest absolute Gasteiger partial charge is 0.337 e. The summed E-state index contributed by atoms with van der Waals surface area (Å²) in [6, 6.07) is 1.50. The second-order valence-electron chi connectivity index (χ2n) is 4.41. The number of nitrogens with one attached hydrogen (secondary N) is 1. The first kappa shape index (κ1) is 14.2. The van der Waals surface area contributed by atoms with Gasteiger partial charge in [0.05, 0.1) is 30.1 Å². The first-order valence-electron chi connectivity index (χ1n) is 5.70. The number of nitrogens with two attached hydrogens (primary N) is 1. The van der Waals surface area contributed by atoms with Crippen molar-refractivity contribution in [1.82, 2.24) is 4.98 Å². The van der Waals surface area contributed by atoms with Gasteiger partial charge < -0.3 is 20.9 Å². The lowest BCUT2D eigenvalue weighted by Gasteiger charge is -2.22. The molecule has 0 spiro atoms. The van der Waals surface area contributed by atoms with Crippen molar-refractivity contribution < 1.29 is 14.6 Å². The molecule has 0 aliphatic carbocycles. The van der Waals surface area contributed by atoms with Crippen molar-refractivity contribution in [3.63, 3.8) is 0 Å². The molecule has 0 aliphatic heterocycles. The van der Waals surface area contributed by atoms with Gasteiger partial charge >= 0.3 is 5.97 Å². The maximum Gasteiger partial charge on any atom is 0.337 e. The van der Waals surface area contributed by atoms with E-state index in [0.717, 1.165) is 0 Å². The fourth-order valence-corrected chi connectivity index (χ4v) is 1.50. The zero-order valence-electron chi connectivity index (χ0n) is 10.8. The molecule has 1 unspecified atom stereocenters. The van der Waals surface area contributed by atoms with E-state index >= 15 is 0 Å². The van der Waals surface area contributed by atoms with Crippen LogP contribution in [0.25, 0.3) is 0 Å². The van der Waals surface area contributed by atoms with Gasteiger partial charge in [-0.2, -0.15) is 0 Å². The zero-order chi connectivity index (χ0) is 13.7. The Morgan fingerprint density at radius 2 is 2.28 bits per heavy atom. The van der Waals surface area contributed by atoms with Crippen molar-refractivity contribution in [2.75, 3.05) is 24.8 Å². The Morgan fingerprint density at radius 3 is 2.78 bits per heavy atom. The molecule has 0 aromatic carbocycles. The number of hydrogen-bond donors (Lipinski definition) is 3. The van der Waals surface area contributed by atoms with Crippen molar-refractivity contribution in [3.05, 3.63) is 17.8 Å². The zero-order valence-corrected chi connectivity index (χ0v) is 10.8. The summed E-state index contributed by atoms with van der Waals surface area (Å²) in [6.45, 7) is 4.62. The molecular weight excluding hydrogens is 234 g/mol. The standard InChI is InChI=1S/C12H19N3O3/c1-7(2)10(6-18-3)15-11-4-8(12(16)17)9(13)5-14-11/h4-5,7,10H,6,13H2,1-3H3,(H,14,15)(H,16,17). The van der Waals surface area contributed by atoms with Gasteiger partial charge in [-0.25, -0.2) is 9.78 Å². The monoisotopic (exact) mass is 253 g/mol. The molecule has 0 aliphatic rings. The molecule has 18 heavy (non-hydrogen) atoms. The largest absolute Gasteiger partial charge is 0.478 e. The topological polar surface area (TPSA) is 97.5 Å². The second-order valence-corrected chi connectivity index (χ2v) is 4.41. The van der Waals surface area contributed by atoms with Crippen LogP contribution in [0.1, 0.15) is 24.2 Å². The number of carboxylic acids is 1. The third-order valence-corrected chi connectivity index (χ3v) is 2.65. The molecule has 0 amide bonds. The number of carbonyl (C=O) groups is 1. The van der Waals surface area contributed by atoms with Gasteiger partial charge in [-0.05, 0) is 12.0 Å². The Balaban J connectivity index is 2.89. The van der Waals surface area contributed by atoms with E-state index in [2.05, 4.69) is 10.3 Å². The van der Waals surface area contributed by atoms with Crippen molar-refractivity contribution in [1.29, 1.82) is 0 Å². The van der Waals surface area contributed by atoms with Gasteiger partial charge in [-0.15, -0.1) is 0 Å². The van der Waals surface area contributed by atoms with Crippen molar-refractivity contribution >= 4 is 17.5 Å². The summed E-state index contributed by atoms with van der Waals surface area (Å²) in [5.74, 6) is -0.249. The summed E-state index contributed by atoms with van der Waals surface area (Å²) in [4.78, 5) is 15.0. The fraction of sp³-hybridized carbons (Fsp3) is 0.500. The molecule has 100 valence electrons. The van der Waals surface area contributed by atoms with Gasteiger partial charge in [-0.3, -0.25) is 0 Å². The quantitative estimate of drug-likeness (QED) is 0.709. The summed E-state index contributed by atoms with van der Waals surface area (Å²) >= 11 is 0. The molecule has 1 aromatic heterocycles. The van der Waals surface area contributed by atoms with E-state index in [9.17, 15) is 4.79 Å². The minimum absolute atomic E-state index is 0.0485. The molecule has 1 aromatic rings. The van der Waals surface area contributed by atoms with Crippen LogP contribution >= 0.6 is 0 Å². The normalized spacial score (nSPS) is 12.4. The maximum atomic E-state index is 11.0. The number of carboxylic acid groups (broad SMARTS) is 1. The molecule has 4 N–H and O–H groups in total. The number of nitrogens with zero attached hydrogens (tertiary/aromatic N) is 1. The molecule has 0 saturated carbocycles. The summed E-state index contributed by atoms with van der Waals surface area (Å²) in [7, 11) is 1.62. The molecule has 0 fully saturated rings. The SMILES string of the molecule is COCC(Nc1cc(C(=O)O)c(N)cn1)C(C)C. The minimum Gasteiger partial charge on any atom is -0.478 e. The molecule has 1 rings (SSSR count). The van der Waals surface area contributed by atoms with E-state index in [1.807, 2.05) is 13.8 Å². The lowest BCUT2D eigenvalue weighted by atomic mass is 10.1. The van der Waals surface area contributed by atoms with Crippen LogP contribution < -0.4 is 11.1 Å². The number of nitrogen functional groups attached to an aromatic ring is 1. The molecule has 6 nitrogen and oxygen atoms in total. The Labute approximate surface area is 106 Å². The predicted molar refractivity (Wildman–Crippen MR) is 69.7 cm³/mol. The number of hydrogen-bond acceptors (Lipinski definition) is 5. The van der Waals surface area contributed by atoms with Crippen molar-refractivity contribution in [2.45, 2.75) is 19.9 Å². The van der Waals surface area contributed by atoms with Gasteiger partial charge in [0.2, 0.25) is 0 Å². The highest BCUT2D eigenvalue weighted by molar-refractivity contribution is 5.94. The van der Waals surface area contributed by atoms with Gasteiger partial charge in [0.1, 0.15) is 5.82 Å². The summed E-state index contributed by atoms with van der Waals surface area (Å²) in [6.07, 6.45) is 1.34. The number of anilines is 2. The van der Waals surface area contributed by atoms with Crippen LogP contribution in [-0.2, 0) is 4.74 Å². The summed E-state index contributed by atoms with van der Waals surface area (Å²) in [5, 5.41) is 12.1. The number of pyridine rings is 1. The highest BCUT2D eigenvalue weighted by Crippen LogP contribution is 2.17. The van der Waals surface area contributed by atoms with Gasteiger partial charge in [-0.1, -0.05) is 13.8 Å². The number of aromatic nitrogens is 1. The highest BCUT2D eigenvalue weighted by Gasteiger charge is 2.15.